The lowest BCUT2D eigenvalue weighted by atomic mass is 10.0. The first-order valence-corrected chi connectivity index (χ1v) is 7.76. The molecule has 0 amide bonds. The highest BCUT2D eigenvalue weighted by Crippen LogP contribution is 2.36. The Morgan fingerprint density at radius 1 is 0.826 bits per heavy atom. The number of esters is 2. The van der Waals surface area contributed by atoms with Crippen LogP contribution in [0.15, 0.2) is 46.9 Å². The molecule has 0 unspecified atom stereocenters. The number of rotatable bonds is 2. The summed E-state index contributed by atoms with van der Waals surface area (Å²) in [6, 6.07) is 13.0. The molecule has 0 aliphatic carbocycles. The Kier molecular flexibility index (Phi) is 4.05. The quantitative estimate of drug-likeness (QED) is 0.374. The van der Waals surface area contributed by atoms with E-state index in [1.54, 1.807) is 12.1 Å². The lowest BCUT2D eigenvalue weighted by Crippen LogP contribution is -2.01. The normalized spacial score (nSPS) is 10.7. The fourth-order valence-corrected chi connectivity index (χ4v) is 3.23. The van der Waals surface area contributed by atoms with Crippen molar-refractivity contribution in [2.45, 2.75) is 13.8 Å². The van der Waals surface area contributed by atoms with Crippen molar-refractivity contribution in [1.82, 2.24) is 0 Å². The summed E-state index contributed by atoms with van der Waals surface area (Å²) in [5.41, 5.74) is 0. The Hall–Kier alpha value is -2.40. The molecule has 3 rings (SSSR count). The van der Waals surface area contributed by atoms with Gasteiger partial charge in [-0.3, -0.25) is 9.59 Å². The molecule has 0 radical (unpaired) electrons. The van der Waals surface area contributed by atoms with E-state index in [4.69, 9.17) is 9.47 Å². The van der Waals surface area contributed by atoms with Crippen LogP contribution in [0.2, 0.25) is 0 Å². The molecule has 3 aromatic rings. The van der Waals surface area contributed by atoms with Gasteiger partial charge < -0.3 is 9.47 Å². The Morgan fingerprint density at radius 3 is 2.13 bits per heavy atom. The number of hydrogen-bond donors (Lipinski definition) is 0. The van der Waals surface area contributed by atoms with E-state index in [1.165, 1.54) is 13.8 Å². The van der Waals surface area contributed by atoms with Gasteiger partial charge in [-0.2, -0.15) is 0 Å². The van der Waals surface area contributed by atoms with Crippen LogP contribution in [-0.2, 0) is 9.59 Å². The van der Waals surface area contributed by atoms with Crippen LogP contribution in [0.25, 0.3) is 21.5 Å². The van der Waals surface area contributed by atoms with E-state index >= 15 is 0 Å². The van der Waals surface area contributed by atoms with Crippen molar-refractivity contribution < 1.29 is 19.1 Å². The summed E-state index contributed by atoms with van der Waals surface area (Å²) in [6.07, 6.45) is 0. The fourth-order valence-electron chi connectivity index (χ4n) is 2.56. The molecule has 0 fully saturated rings. The second-order valence-corrected chi connectivity index (χ2v) is 5.99. The minimum atomic E-state index is -0.358. The van der Waals surface area contributed by atoms with Crippen LogP contribution >= 0.6 is 15.9 Å². The Balaban J connectivity index is 2.18. The van der Waals surface area contributed by atoms with Gasteiger partial charge in [0.1, 0.15) is 11.5 Å². The molecule has 4 nitrogen and oxygen atoms in total. The van der Waals surface area contributed by atoms with Crippen LogP contribution < -0.4 is 9.47 Å². The second kappa shape index (κ2) is 6.01. The molecule has 3 aromatic carbocycles. The third-order valence-electron chi connectivity index (χ3n) is 3.35. The van der Waals surface area contributed by atoms with Crippen LogP contribution in [0.5, 0.6) is 11.5 Å². The van der Waals surface area contributed by atoms with E-state index in [0.29, 0.717) is 11.5 Å². The highest BCUT2D eigenvalue weighted by Gasteiger charge is 2.09. The van der Waals surface area contributed by atoms with Gasteiger partial charge in [-0.15, -0.1) is 0 Å². The maximum Gasteiger partial charge on any atom is 0.308 e. The smallest absolute Gasteiger partial charge is 0.308 e. The van der Waals surface area contributed by atoms with E-state index in [1.807, 2.05) is 30.3 Å². The van der Waals surface area contributed by atoms with Gasteiger partial charge in [0, 0.05) is 23.7 Å². The molecule has 0 aliphatic rings. The van der Waals surface area contributed by atoms with Crippen LogP contribution in [0.3, 0.4) is 0 Å². The molecule has 0 saturated carbocycles. The molecule has 0 heterocycles. The number of hydrogen-bond acceptors (Lipinski definition) is 4. The van der Waals surface area contributed by atoms with Gasteiger partial charge in [-0.25, -0.2) is 0 Å². The molecule has 23 heavy (non-hydrogen) atoms. The largest absolute Gasteiger partial charge is 0.427 e. The highest BCUT2D eigenvalue weighted by molar-refractivity contribution is 9.10. The third kappa shape index (κ3) is 3.19. The molecule has 0 N–H and O–H groups in total. The number of halogens is 1. The molecule has 0 bridgehead atoms. The van der Waals surface area contributed by atoms with Gasteiger partial charge in [0.25, 0.3) is 0 Å². The number of carbonyl (C=O) groups excluding carboxylic acids is 2. The van der Waals surface area contributed by atoms with Crippen molar-refractivity contribution in [2.75, 3.05) is 0 Å². The Morgan fingerprint density at radius 2 is 1.43 bits per heavy atom. The van der Waals surface area contributed by atoms with E-state index in [0.717, 1.165) is 26.0 Å². The SMILES string of the molecule is CC(=O)Oc1ccc2c(ccc3cc(OC(C)=O)cc(Br)c32)c1. The van der Waals surface area contributed by atoms with E-state index in [9.17, 15) is 9.59 Å². The van der Waals surface area contributed by atoms with Crippen molar-refractivity contribution >= 4 is 49.4 Å². The first-order valence-electron chi connectivity index (χ1n) is 6.97. The average Bonchev–Trinajstić information content (AvgIpc) is 2.45. The highest BCUT2D eigenvalue weighted by atomic mass is 79.9. The number of carbonyl (C=O) groups is 2. The average molecular weight is 373 g/mol. The summed E-state index contributed by atoms with van der Waals surface area (Å²) in [4.78, 5) is 22.2. The van der Waals surface area contributed by atoms with Crippen molar-refractivity contribution in [3.8, 4) is 11.5 Å². The summed E-state index contributed by atoms with van der Waals surface area (Å²) in [5.74, 6) is 0.296. The second-order valence-electron chi connectivity index (χ2n) is 5.14. The monoisotopic (exact) mass is 372 g/mol. The summed E-state index contributed by atoms with van der Waals surface area (Å²) in [5, 5.41) is 3.92. The van der Waals surface area contributed by atoms with Crippen LogP contribution in [0, 0.1) is 0 Å². The van der Waals surface area contributed by atoms with Gasteiger partial charge in [-0.1, -0.05) is 18.2 Å². The first kappa shape index (κ1) is 15.5. The lowest BCUT2D eigenvalue weighted by Gasteiger charge is -2.10. The zero-order valence-corrected chi connectivity index (χ0v) is 14.1. The first-order chi connectivity index (χ1) is 10.9. The Labute approximate surface area is 141 Å². The number of ether oxygens (including phenoxy) is 2. The molecule has 0 aromatic heterocycles. The van der Waals surface area contributed by atoms with Gasteiger partial charge in [0.2, 0.25) is 0 Å². The van der Waals surface area contributed by atoms with Crippen molar-refractivity contribution in [2.24, 2.45) is 0 Å². The number of benzene rings is 3. The van der Waals surface area contributed by atoms with Crippen LogP contribution in [0.4, 0.5) is 0 Å². The zero-order valence-electron chi connectivity index (χ0n) is 12.6. The Bertz CT molecular complexity index is 947. The minimum absolute atomic E-state index is 0.350. The standard InChI is InChI=1S/C18H13BrO4/c1-10(20)22-14-5-6-16-12(7-14)3-4-13-8-15(23-11(2)21)9-17(19)18(13)16/h3-9H,1-2H3. The van der Waals surface area contributed by atoms with Crippen molar-refractivity contribution in [3.63, 3.8) is 0 Å². The molecular weight excluding hydrogens is 360 g/mol. The summed E-state index contributed by atoms with van der Waals surface area (Å²) < 4.78 is 11.1. The number of fused-ring (bicyclic) bond motifs is 3. The minimum Gasteiger partial charge on any atom is -0.427 e. The van der Waals surface area contributed by atoms with Crippen LogP contribution in [0.1, 0.15) is 13.8 Å². The summed E-state index contributed by atoms with van der Waals surface area (Å²) in [7, 11) is 0. The van der Waals surface area contributed by atoms with Gasteiger partial charge in [-0.05, 0) is 56.4 Å². The molecule has 0 aliphatic heterocycles. The molecule has 116 valence electrons. The molecular formula is C18H13BrO4. The third-order valence-corrected chi connectivity index (χ3v) is 3.98. The van der Waals surface area contributed by atoms with Crippen LogP contribution in [-0.4, -0.2) is 11.9 Å². The topological polar surface area (TPSA) is 52.6 Å². The summed E-state index contributed by atoms with van der Waals surface area (Å²) in [6.45, 7) is 2.74. The van der Waals surface area contributed by atoms with E-state index < -0.39 is 0 Å². The maximum atomic E-state index is 11.1. The molecule has 0 atom stereocenters. The van der Waals surface area contributed by atoms with Gasteiger partial charge in [0.15, 0.2) is 0 Å². The van der Waals surface area contributed by atoms with Gasteiger partial charge in [0.05, 0.1) is 0 Å². The molecule has 0 saturated heterocycles. The van der Waals surface area contributed by atoms with Crippen molar-refractivity contribution in [1.29, 1.82) is 0 Å². The predicted octanol–water partition coefficient (Wildman–Crippen LogP) is 4.61. The zero-order chi connectivity index (χ0) is 16.6. The molecule has 5 heteroatoms. The fraction of sp³-hybridized carbons (Fsp3) is 0.111. The lowest BCUT2D eigenvalue weighted by molar-refractivity contribution is -0.132. The molecule has 0 spiro atoms. The maximum absolute atomic E-state index is 11.1. The van der Waals surface area contributed by atoms with E-state index in [2.05, 4.69) is 15.9 Å². The summed E-state index contributed by atoms with van der Waals surface area (Å²) >= 11 is 3.54. The van der Waals surface area contributed by atoms with Crippen molar-refractivity contribution in [3.05, 3.63) is 46.9 Å². The van der Waals surface area contributed by atoms with E-state index in [-0.39, 0.29) is 11.9 Å². The van der Waals surface area contributed by atoms with Gasteiger partial charge >= 0.3 is 11.9 Å². The predicted molar refractivity (Wildman–Crippen MR) is 91.8 cm³/mol.